The van der Waals surface area contributed by atoms with Crippen LogP contribution in [0.1, 0.15) is 60.2 Å². The molecule has 0 radical (unpaired) electrons. The van der Waals surface area contributed by atoms with E-state index in [9.17, 15) is 14.4 Å². The topological polar surface area (TPSA) is 101 Å². The average molecular weight is 322 g/mol. The quantitative estimate of drug-likeness (QED) is 0.535. The smallest absolute Gasteiger partial charge is 0.345 e. The van der Waals surface area contributed by atoms with Crippen molar-refractivity contribution < 1.29 is 29.3 Å². The van der Waals surface area contributed by atoms with E-state index in [1.165, 1.54) is 24.3 Å². The van der Waals surface area contributed by atoms with Crippen molar-refractivity contribution in [1.29, 1.82) is 0 Å². The maximum atomic E-state index is 12.1. The van der Waals surface area contributed by atoms with Crippen molar-refractivity contribution in [2.45, 2.75) is 45.6 Å². The molecule has 126 valence electrons. The molecule has 6 nitrogen and oxygen atoms in total. The summed E-state index contributed by atoms with van der Waals surface area (Å²) in [6.45, 7) is 4.16. The fourth-order valence-electron chi connectivity index (χ4n) is 2.16. The summed E-state index contributed by atoms with van der Waals surface area (Å²) in [5, 5.41) is 18.2. The lowest BCUT2D eigenvalue weighted by atomic mass is 10.0. The number of rotatable bonds is 9. The fourth-order valence-corrected chi connectivity index (χ4v) is 2.16. The van der Waals surface area contributed by atoms with Gasteiger partial charge in [-0.05, 0) is 30.9 Å². The number of carboxylic acid groups (broad SMARTS) is 2. The molecular weight excluding hydrogens is 300 g/mol. The number of carboxylic acids is 2. The molecule has 1 rings (SSSR count). The van der Waals surface area contributed by atoms with Gasteiger partial charge >= 0.3 is 17.9 Å². The van der Waals surface area contributed by atoms with Crippen molar-refractivity contribution in [3.63, 3.8) is 0 Å². The van der Waals surface area contributed by atoms with Gasteiger partial charge in [0.15, 0.2) is 6.10 Å². The highest BCUT2D eigenvalue weighted by molar-refractivity contribution is 6.02. The van der Waals surface area contributed by atoms with Crippen molar-refractivity contribution in [1.82, 2.24) is 0 Å². The fraction of sp³-hybridized carbons (Fsp3) is 0.471. The molecule has 0 amide bonds. The summed E-state index contributed by atoms with van der Waals surface area (Å²) in [5.41, 5.74) is -0.352. The molecular formula is C17H22O6. The van der Waals surface area contributed by atoms with Gasteiger partial charge in [-0.25, -0.2) is 14.4 Å². The van der Waals surface area contributed by atoms with Crippen LogP contribution in [-0.4, -0.2) is 34.2 Å². The Kier molecular flexibility index (Phi) is 7.25. The summed E-state index contributed by atoms with van der Waals surface area (Å²) >= 11 is 0. The van der Waals surface area contributed by atoms with Crippen LogP contribution in [0.4, 0.5) is 0 Å². The number of aliphatic carboxylic acids is 1. The van der Waals surface area contributed by atoms with E-state index in [-0.39, 0.29) is 17.5 Å². The predicted molar refractivity (Wildman–Crippen MR) is 83.5 cm³/mol. The molecule has 0 bridgehead atoms. The highest BCUT2D eigenvalue weighted by Gasteiger charge is 2.25. The molecule has 0 aliphatic carbocycles. The lowest BCUT2D eigenvalue weighted by Crippen LogP contribution is -2.27. The van der Waals surface area contributed by atoms with E-state index in [0.29, 0.717) is 12.3 Å². The molecule has 1 atom stereocenters. The summed E-state index contributed by atoms with van der Waals surface area (Å²) < 4.78 is 4.99. The zero-order valence-corrected chi connectivity index (χ0v) is 13.3. The molecule has 2 N–H and O–H groups in total. The molecule has 0 aromatic heterocycles. The van der Waals surface area contributed by atoms with Gasteiger partial charge in [0.05, 0.1) is 11.1 Å². The predicted octanol–water partition coefficient (Wildman–Crippen LogP) is 3.21. The lowest BCUT2D eigenvalue weighted by Gasteiger charge is -2.15. The molecule has 6 heteroatoms. The summed E-state index contributed by atoms with van der Waals surface area (Å²) in [6, 6.07) is 5.57. The van der Waals surface area contributed by atoms with E-state index in [4.69, 9.17) is 14.9 Å². The van der Waals surface area contributed by atoms with E-state index in [1.807, 2.05) is 0 Å². The lowest BCUT2D eigenvalue weighted by molar-refractivity contribution is -0.147. The normalized spacial score (nSPS) is 12.0. The number of carbonyl (C=O) groups is 3. The molecule has 0 saturated carbocycles. The van der Waals surface area contributed by atoms with Crippen LogP contribution in [0.2, 0.25) is 0 Å². The third-order valence-corrected chi connectivity index (χ3v) is 3.40. The second-order valence-electron chi connectivity index (χ2n) is 5.76. The Labute approximate surface area is 135 Å². The van der Waals surface area contributed by atoms with Gasteiger partial charge in [0.2, 0.25) is 0 Å². The Morgan fingerprint density at radius 2 is 1.57 bits per heavy atom. The molecule has 0 spiro atoms. The molecule has 0 saturated heterocycles. The van der Waals surface area contributed by atoms with E-state index < -0.39 is 24.0 Å². The number of aromatic carboxylic acids is 1. The minimum Gasteiger partial charge on any atom is -0.479 e. The molecule has 1 aromatic rings. The van der Waals surface area contributed by atoms with Gasteiger partial charge in [-0.3, -0.25) is 0 Å². The number of unbranched alkanes of at least 4 members (excludes halogenated alkanes) is 1. The number of benzene rings is 1. The standard InChI is InChI=1S/C17H22O6/c1-11(2)7-3-6-10-14(16(20)21)23-17(22)13-9-5-4-8-12(13)15(18)19/h4-5,8-9,11,14H,3,6-7,10H2,1-2H3,(H,18,19)(H,20,21). The van der Waals surface area contributed by atoms with Crippen molar-refractivity contribution >= 4 is 17.9 Å². The number of ether oxygens (including phenoxy) is 1. The van der Waals surface area contributed by atoms with Crippen LogP contribution >= 0.6 is 0 Å². The first-order chi connectivity index (χ1) is 10.8. The second kappa shape index (κ2) is 8.92. The van der Waals surface area contributed by atoms with Gasteiger partial charge in [0, 0.05) is 0 Å². The van der Waals surface area contributed by atoms with Gasteiger partial charge in [-0.15, -0.1) is 0 Å². The molecule has 23 heavy (non-hydrogen) atoms. The zero-order chi connectivity index (χ0) is 17.4. The van der Waals surface area contributed by atoms with Gasteiger partial charge in [0.25, 0.3) is 0 Å². The van der Waals surface area contributed by atoms with Crippen molar-refractivity contribution in [2.75, 3.05) is 0 Å². The van der Waals surface area contributed by atoms with E-state index >= 15 is 0 Å². The van der Waals surface area contributed by atoms with Crippen molar-refractivity contribution in [3.05, 3.63) is 35.4 Å². The zero-order valence-electron chi connectivity index (χ0n) is 13.3. The second-order valence-corrected chi connectivity index (χ2v) is 5.76. The Balaban J connectivity index is 2.71. The van der Waals surface area contributed by atoms with Crippen LogP contribution in [0.15, 0.2) is 24.3 Å². The van der Waals surface area contributed by atoms with Crippen molar-refractivity contribution in [2.24, 2.45) is 5.92 Å². The Bertz CT molecular complexity index is 564. The number of hydrogen-bond acceptors (Lipinski definition) is 4. The number of esters is 1. The van der Waals surface area contributed by atoms with Crippen LogP contribution in [0.5, 0.6) is 0 Å². The highest BCUT2D eigenvalue weighted by Crippen LogP contribution is 2.15. The van der Waals surface area contributed by atoms with Crippen LogP contribution in [0.3, 0.4) is 0 Å². The number of hydrogen-bond donors (Lipinski definition) is 2. The maximum absolute atomic E-state index is 12.1. The van der Waals surface area contributed by atoms with Gasteiger partial charge in [0.1, 0.15) is 0 Å². The van der Waals surface area contributed by atoms with Crippen LogP contribution in [0, 0.1) is 5.92 Å². The summed E-state index contributed by atoms with van der Waals surface area (Å²) in [6.07, 6.45) is 1.40. The summed E-state index contributed by atoms with van der Waals surface area (Å²) in [7, 11) is 0. The largest absolute Gasteiger partial charge is 0.479 e. The minimum absolute atomic E-state index is 0.145. The minimum atomic E-state index is -1.27. The molecule has 0 aliphatic rings. The molecule has 0 heterocycles. The molecule has 1 aromatic carbocycles. The van der Waals surface area contributed by atoms with Gasteiger partial charge in [-0.2, -0.15) is 0 Å². The Morgan fingerprint density at radius 3 is 2.09 bits per heavy atom. The summed E-state index contributed by atoms with van der Waals surface area (Å²) in [5.74, 6) is -2.89. The first kappa shape index (κ1) is 18.7. The first-order valence-corrected chi connectivity index (χ1v) is 7.59. The number of carbonyl (C=O) groups excluding carboxylic acids is 1. The van der Waals surface area contributed by atoms with Crippen LogP contribution < -0.4 is 0 Å². The van der Waals surface area contributed by atoms with Gasteiger partial charge in [-0.1, -0.05) is 38.8 Å². The molecule has 1 unspecified atom stereocenters. The van der Waals surface area contributed by atoms with E-state index in [0.717, 1.165) is 12.8 Å². The maximum Gasteiger partial charge on any atom is 0.345 e. The third kappa shape index (κ3) is 6.10. The molecule has 0 fully saturated rings. The van der Waals surface area contributed by atoms with Crippen LogP contribution in [-0.2, 0) is 9.53 Å². The van der Waals surface area contributed by atoms with Crippen LogP contribution in [0.25, 0.3) is 0 Å². The van der Waals surface area contributed by atoms with Gasteiger partial charge < -0.3 is 14.9 Å². The van der Waals surface area contributed by atoms with E-state index in [2.05, 4.69) is 13.8 Å². The van der Waals surface area contributed by atoms with E-state index in [1.54, 1.807) is 0 Å². The molecule has 0 aliphatic heterocycles. The summed E-state index contributed by atoms with van der Waals surface area (Å²) in [4.78, 5) is 34.4. The van der Waals surface area contributed by atoms with Crippen molar-refractivity contribution in [3.8, 4) is 0 Å². The average Bonchev–Trinajstić information content (AvgIpc) is 2.49. The highest BCUT2D eigenvalue weighted by atomic mass is 16.6. The Hall–Kier alpha value is -2.37. The SMILES string of the molecule is CC(C)CCCCC(OC(=O)c1ccccc1C(=O)O)C(=O)O. The first-order valence-electron chi connectivity index (χ1n) is 7.59. The third-order valence-electron chi connectivity index (χ3n) is 3.40. The Morgan fingerprint density at radius 1 is 1.00 bits per heavy atom. The monoisotopic (exact) mass is 322 g/mol.